The molecule has 0 saturated carbocycles. The lowest BCUT2D eigenvalue weighted by Crippen LogP contribution is -2.48. The quantitative estimate of drug-likeness (QED) is 0.863. The van der Waals surface area contributed by atoms with Crippen molar-refractivity contribution in [3.8, 4) is 0 Å². The van der Waals surface area contributed by atoms with Crippen molar-refractivity contribution in [2.24, 2.45) is 5.41 Å². The second kappa shape index (κ2) is 7.65. The minimum Gasteiger partial charge on any atom is -0.369 e. The van der Waals surface area contributed by atoms with Crippen LogP contribution in [-0.2, 0) is 0 Å². The number of benzene rings is 1. The molecule has 4 heteroatoms. The summed E-state index contributed by atoms with van der Waals surface area (Å²) in [6, 6.07) is 10.8. The molecule has 23 heavy (non-hydrogen) atoms. The van der Waals surface area contributed by atoms with Crippen LogP contribution in [0.4, 0.5) is 5.69 Å². The molecule has 1 aromatic rings. The van der Waals surface area contributed by atoms with Gasteiger partial charge in [0.15, 0.2) is 0 Å². The van der Waals surface area contributed by atoms with Gasteiger partial charge in [0.1, 0.15) is 0 Å². The van der Waals surface area contributed by atoms with E-state index in [4.69, 9.17) is 0 Å². The Bertz CT molecular complexity index is 462. The number of piperazine rings is 1. The summed E-state index contributed by atoms with van der Waals surface area (Å²) < 4.78 is 0. The first-order valence-electron chi connectivity index (χ1n) is 9.06. The standard InChI is InChI=1S/C19H32N4/c1-19(8-9-20-16-19)17-21(2)10-11-22-12-14-23(15-13-22)18-6-4-3-5-7-18/h3-7,20H,8-17H2,1-2H3. The van der Waals surface area contributed by atoms with Crippen molar-refractivity contribution in [1.82, 2.24) is 15.1 Å². The number of hydrogen-bond acceptors (Lipinski definition) is 4. The van der Waals surface area contributed by atoms with Gasteiger partial charge in [-0.1, -0.05) is 25.1 Å². The van der Waals surface area contributed by atoms with Gasteiger partial charge in [0.2, 0.25) is 0 Å². The highest BCUT2D eigenvalue weighted by Gasteiger charge is 2.29. The summed E-state index contributed by atoms with van der Waals surface area (Å²) in [6.07, 6.45) is 1.31. The van der Waals surface area contributed by atoms with Gasteiger partial charge in [-0.3, -0.25) is 4.90 Å². The normalized spacial score (nSPS) is 26.1. The van der Waals surface area contributed by atoms with E-state index in [1.807, 2.05) is 0 Å². The van der Waals surface area contributed by atoms with Crippen LogP contribution in [0.2, 0.25) is 0 Å². The zero-order chi connectivity index (χ0) is 16.1. The third kappa shape index (κ3) is 4.69. The molecule has 1 N–H and O–H groups in total. The van der Waals surface area contributed by atoms with Gasteiger partial charge in [0.25, 0.3) is 0 Å². The summed E-state index contributed by atoms with van der Waals surface area (Å²) in [6.45, 7) is 13.0. The number of likely N-dealkylation sites (N-methyl/N-ethyl adjacent to an activating group) is 1. The van der Waals surface area contributed by atoms with Crippen LogP contribution in [0.25, 0.3) is 0 Å². The molecule has 0 spiro atoms. The minimum absolute atomic E-state index is 0.473. The number of nitrogens with one attached hydrogen (secondary N) is 1. The SMILES string of the molecule is CN(CCN1CCN(c2ccccc2)CC1)CC1(C)CCNC1. The predicted octanol–water partition coefficient (Wildman–Crippen LogP) is 1.74. The van der Waals surface area contributed by atoms with Crippen LogP contribution in [0.5, 0.6) is 0 Å². The van der Waals surface area contributed by atoms with Gasteiger partial charge in [-0.05, 0) is 37.6 Å². The molecule has 1 unspecified atom stereocenters. The lowest BCUT2D eigenvalue weighted by atomic mass is 9.89. The maximum absolute atomic E-state index is 3.50. The average Bonchev–Trinajstić information content (AvgIpc) is 3.00. The first kappa shape index (κ1) is 16.7. The molecule has 0 aliphatic carbocycles. The van der Waals surface area contributed by atoms with Gasteiger partial charge in [-0.25, -0.2) is 0 Å². The number of rotatable bonds is 6. The molecule has 3 rings (SSSR count). The van der Waals surface area contributed by atoms with Crippen molar-refractivity contribution in [3.63, 3.8) is 0 Å². The highest BCUT2D eigenvalue weighted by Crippen LogP contribution is 2.25. The third-order valence-corrected chi connectivity index (χ3v) is 5.40. The van der Waals surface area contributed by atoms with E-state index < -0.39 is 0 Å². The van der Waals surface area contributed by atoms with Gasteiger partial charge < -0.3 is 15.1 Å². The van der Waals surface area contributed by atoms with E-state index in [1.165, 1.54) is 57.9 Å². The van der Waals surface area contributed by atoms with E-state index >= 15 is 0 Å². The summed E-state index contributed by atoms with van der Waals surface area (Å²) >= 11 is 0. The Balaban J connectivity index is 1.37. The highest BCUT2D eigenvalue weighted by atomic mass is 15.3. The average molecular weight is 316 g/mol. The largest absolute Gasteiger partial charge is 0.369 e. The Morgan fingerprint density at radius 3 is 2.52 bits per heavy atom. The molecule has 0 amide bonds. The number of para-hydroxylation sites is 1. The molecule has 4 nitrogen and oxygen atoms in total. The lowest BCUT2D eigenvalue weighted by Gasteiger charge is -2.37. The fourth-order valence-electron chi connectivity index (χ4n) is 3.91. The van der Waals surface area contributed by atoms with Crippen LogP contribution >= 0.6 is 0 Å². The predicted molar refractivity (Wildman–Crippen MR) is 98.2 cm³/mol. The van der Waals surface area contributed by atoms with E-state index in [0.29, 0.717) is 5.41 Å². The Kier molecular flexibility index (Phi) is 5.57. The van der Waals surface area contributed by atoms with Crippen LogP contribution in [0.1, 0.15) is 13.3 Å². The van der Waals surface area contributed by atoms with E-state index in [0.717, 1.165) is 13.1 Å². The Morgan fingerprint density at radius 1 is 1.13 bits per heavy atom. The first-order valence-corrected chi connectivity index (χ1v) is 9.06. The van der Waals surface area contributed by atoms with Crippen molar-refractivity contribution in [2.45, 2.75) is 13.3 Å². The fraction of sp³-hybridized carbons (Fsp3) is 0.684. The van der Waals surface area contributed by atoms with Crippen LogP contribution < -0.4 is 10.2 Å². The molecular formula is C19H32N4. The maximum atomic E-state index is 3.50. The van der Waals surface area contributed by atoms with Crippen molar-refractivity contribution in [2.75, 3.05) is 70.9 Å². The monoisotopic (exact) mass is 316 g/mol. The summed E-state index contributed by atoms with van der Waals surface area (Å²) in [5.74, 6) is 0. The summed E-state index contributed by atoms with van der Waals surface area (Å²) in [7, 11) is 2.28. The minimum atomic E-state index is 0.473. The Labute approximate surface area is 141 Å². The summed E-state index contributed by atoms with van der Waals surface area (Å²) in [5, 5.41) is 3.50. The molecule has 1 atom stereocenters. The molecule has 2 saturated heterocycles. The van der Waals surface area contributed by atoms with Crippen molar-refractivity contribution in [1.29, 1.82) is 0 Å². The van der Waals surface area contributed by atoms with Gasteiger partial charge in [-0.2, -0.15) is 0 Å². The molecular weight excluding hydrogens is 284 g/mol. The smallest absolute Gasteiger partial charge is 0.0367 e. The van der Waals surface area contributed by atoms with Crippen LogP contribution in [0.3, 0.4) is 0 Å². The molecule has 0 bridgehead atoms. The zero-order valence-electron chi connectivity index (χ0n) is 14.8. The Morgan fingerprint density at radius 2 is 1.87 bits per heavy atom. The Hall–Kier alpha value is -1.10. The van der Waals surface area contributed by atoms with Gasteiger partial charge in [0.05, 0.1) is 0 Å². The molecule has 128 valence electrons. The second-order valence-electron chi connectivity index (χ2n) is 7.64. The summed E-state index contributed by atoms with van der Waals surface area (Å²) in [4.78, 5) is 7.65. The van der Waals surface area contributed by atoms with Crippen molar-refractivity contribution in [3.05, 3.63) is 30.3 Å². The number of hydrogen-bond donors (Lipinski definition) is 1. The van der Waals surface area contributed by atoms with E-state index in [-0.39, 0.29) is 0 Å². The van der Waals surface area contributed by atoms with E-state index in [1.54, 1.807) is 0 Å². The van der Waals surface area contributed by atoms with Gasteiger partial charge in [0, 0.05) is 58.0 Å². The van der Waals surface area contributed by atoms with Crippen LogP contribution in [0, 0.1) is 5.41 Å². The van der Waals surface area contributed by atoms with Gasteiger partial charge >= 0.3 is 0 Å². The molecule has 2 fully saturated rings. The van der Waals surface area contributed by atoms with E-state index in [2.05, 4.69) is 64.3 Å². The topological polar surface area (TPSA) is 21.8 Å². The van der Waals surface area contributed by atoms with Crippen molar-refractivity contribution < 1.29 is 0 Å². The number of anilines is 1. The first-order chi connectivity index (χ1) is 11.1. The molecule has 2 aliphatic rings. The molecule has 0 aromatic heterocycles. The van der Waals surface area contributed by atoms with Crippen molar-refractivity contribution >= 4 is 5.69 Å². The molecule has 0 radical (unpaired) electrons. The molecule has 2 aliphatic heterocycles. The summed E-state index contributed by atoms with van der Waals surface area (Å²) in [5.41, 5.74) is 1.84. The second-order valence-corrected chi connectivity index (χ2v) is 7.64. The lowest BCUT2D eigenvalue weighted by molar-refractivity contribution is 0.172. The zero-order valence-corrected chi connectivity index (χ0v) is 14.8. The number of nitrogens with zero attached hydrogens (tertiary/aromatic N) is 3. The van der Waals surface area contributed by atoms with E-state index in [9.17, 15) is 0 Å². The maximum Gasteiger partial charge on any atom is 0.0367 e. The fourth-order valence-corrected chi connectivity index (χ4v) is 3.91. The third-order valence-electron chi connectivity index (χ3n) is 5.40. The molecule has 1 aromatic carbocycles. The van der Waals surface area contributed by atoms with Crippen LogP contribution in [-0.4, -0.2) is 75.8 Å². The highest BCUT2D eigenvalue weighted by molar-refractivity contribution is 5.46. The molecule has 2 heterocycles. The van der Waals surface area contributed by atoms with Crippen LogP contribution in [0.15, 0.2) is 30.3 Å². The van der Waals surface area contributed by atoms with Gasteiger partial charge in [-0.15, -0.1) is 0 Å².